The molecule has 31 heavy (non-hydrogen) atoms. The van der Waals surface area contributed by atoms with Crippen LogP contribution in [0.3, 0.4) is 0 Å². The van der Waals surface area contributed by atoms with Gasteiger partial charge >= 0.3 is 0 Å². The monoisotopic (exact) mass is 451 g/mol. The highest BCUT2D eigenvalue weighted by Gasteiger charge is 2.11. The lowest BCUT2D eigenvalue weighted by Gasteiger charge is -2.06. The second kappa shape index (κ2) is 9.32. The third-order valence-corrected chi connectivity index (χ3v) is 6.61. The van der Waals surface area contributed by atoms with Crippen LogP contribution in [0.15, 0.2) is 60.0 Å². The zero-order valence-corrected chi connectivity index (χ0v) is 18.7. The van der Waals surface area contributed by atoms with Gasteiger partial charge in [-0.1, -0.05) is 36.1 Å². The summed E-state index contributed by atoms with van der Waals surface area (Å²) in [6, 6.07) is 12.9. The number of amides is 2. The van der Waals surface area contributed by atoms with Gasteiger partial charge in [0.15, 0.2) is 10.3 Å². The molecule has 2 amide bonds. The molecule has 158 valence electrons. The maximum absolute atomic E-state index is 12.6. The first kappa shape index (κ1) is 21.1. The minimum absolute atomic E-state index is 0.133. The first-order valence-electron chi connectivity index (χ1n) is 9.72. The first-order valence-corrected chi connectivity index (χ1v) is 11.5. The molecular weight excluding hydrogens is 430 g/mol. The molecule has 9 heteroatoms. The van der Waals surface area contributed by atoms with Crippen LogP contribution < -0.4 is 10.6 Å². The second-order valence-electron chi connectivity index (χ2n) is 6.86. The maximum atomic E-state index is 12.6. The van der Waals surface area contributed by atoms with Gasteiger partial charge in [0.1, 0.15) is 0 Å². The smallest absolute Gasteiger partial charge is 0.257 e. The minimum Gasteiger partial charge on any atom is -0.329 e. The summed E-state index contributed by atoms with van der Waals surface area (Å²) < 4.78 is 2.91. The Bertz CT molecular complexity index is 1230. The predicted molar refractivity (Wildman–Crippen MR) is 126 cm³/mol. The van der Waals surface area contributed by atoms with E-state index in [4.69, 9.17) is 0 Å². The lowest BCUT2D eigenvalue weighted by Crippen LogP contribution is -2.15. The van der Waals surface area contributed by atoms with Crippen molar-refractivity contribution < 1.29 is 9.59 Å². The van der Waals surface area contributed by atoms with Crippen LogP contribution in [0.5, 0.6) is 0 Å². The number of nitrogens with zero attached hydrogens (tertiary/aromatic N) is 3. The van der Waals surface area contributed by atoms with Crippen molar-refractivity contribution in [1.29, 1.82) is 0 Å². The summed E-state index contributed by atoms with van der Waals surface area (Å²) in [6.07, 6.45) is 4.49. The van der Waals surface area contributed by atoms with Crippen LogP contribution in [0, 0.1) is 0 Å². The molecule has 7 nitrogen and oxygen atoms in total. The summed E-state index contributed by atoms with van der Waals surface area (Å²) in [5.74, 6) is -0.117. The van der Waals surface area contributed by atoms with E-state index in [9.17, 15) is 9.59 Å². The number of hydrogen-bond acceptors (Lipinski definition) is 6. The van der Waals surface area contributed by atoms with E-state index in [1.807, 2.05) is 23.9 Å². The topological polar surface area (TPSA) is 88.9 Å². The Hall–Kier alpha value is -3.17. The molecule has 0 spiro atoms. The Morgan fingerprint density at radius 1 is 1.13 bits per heavy atom. The lowest BCUT2D eigenvalue weighted by atomic mass is 10.2. The summed E-state index contributed by atoms with van der Waals surface area (Å²) in [6.45, 7) is 2.11. The number of aromatic nitrogens is 3. The van der Waals surface area contributed by atoms with Gasteiger partial charge in [0.05, 0.1) is 16.0 Å². The molecule has 4 aromatic rings. The number of thiazole rings is 1. The molecular formula is C22H21N5O2S2. The first-order chi connectivity index (χ1) is 15.0. The molecule has 0 saturated carbocycles. The Kier molecular flexibility index (Phi) is 6.34. The zero-order valence-electron chi connectivity index (χ0n) is 17.1. The Balaban J connectivity index is 1.34. The van der Waals surface area contributed by atoms with E-state index in [0.29, 0.717) is 16.4 Å². The van der Waals surface area contributed by atoms with E-state index in [0.717, 1.165) is 21.8 Å². The third kappa shape index (κ3) is 5.12. The highest BCUT2D eigenvalue weighted by atomic mass is 32.2. The van der Waals surface area contributed by atoms with Gasteiger partial charge in [-0.3, -0.25) is 14.9 Å². The second-order valence-corrected chi connectivity index (χ2v) is 8.84. The molecule has 2 aromatic carbocycles. The maximum Gasteiger partial charge on any atom is 0.257 e. The SMILES string of the molecule is CCc1ccc2nc(NC(=O)c3ccc(NC(=O)CSc4nccn4C)cc3)sc2c1. The van der Waals surface area contributed by atoms with Gasteiger partial charge in [-0.15, -0.1) is 0 Å². The average Bonchev–Trinajstić information content (AvgIpc) is 3.37. The number of imidazole rings is 1. The molecule has 0 saturated heterocycles. The number of thioether (sulfide) groups is 1. The average molecular weight is 452 g/mol. The van der Waals surface area contributed by atoms with Crippen molar-refractivity contribution in [3.63, 3.8) is 0 Å². The van der Waals surface area contributed by atoms with E-state index in [1.165, 1.54) is 28.7 Å². The van der Waals surface area contributed by atoms with E-state index in [2.05, 4.69) is 39.7 Å². The standard InChI is InChI=1S/C22H21N5O2S2/c1-3-14-4-9-17-18(12-14)31-21(25-17)26-20(29)15-5-7-16(8-6-15)24-19(28)13-30-22-23-10-11-27(22)2/h4-12H,3,13H2,1-2H3,(H,24,28)(H,25,26,29). The number of aryl methyl sites for hydroxylation is 2. The van der Waals surface area contributed by atoms with Crippen molar-refractivity contribution in [3.8, 4) is 0 Å². The quantitative estimate of drug-likeness (QED) is 0.402. The van der Waals surface area contributed by atoms with Gasteiger partial charge in [-0.2, -0.15) is 0 Å². The Morgan fingerprint density at radius 3 is 2.65 bits per heavy atom. The third-order valence-electron chi connectivity index (χ3n) is 4.62. The van der Waals surface area contributed by atoms with Crippen molar-refractivity contribution in [3.05, 3.63) is 66.0 Å². The summed E-state index contributed by atoms with van der Waals surface area (Å²) >= 11 is 2.82. The molecule has 0 unspecified atom stereocenters. The van der Waals surface area contributed by atoms with E-state index >= 15 is 0 Å². The van der Waals surface area contributed by atoms with Gasteiger partial charge in [0.25, 0.3) is 5.91 Å². The van der Waals surface area contributed by atoms with Crippen LogP contribution in [0.2, 0.25) is 0 Å². The molecule has 0 bridgehead atoms. The van der Waals surface area contributed by atoms with E-state index in [1.54, 1.807) is 30.5 Å². The van der Waals surface area contributed by atoms with Crippen molar-refractivity contribution in [2.45, 2.75) is 18.5 Å². The molecule has 0 fully saturated rings. The summed E-state index contributed by atoms with van der Waals surface area (Å²) in [7, 11) is 1.88. The highest BCUT2D eigenvalue weighted by Crippen LogP contribution is 2.27. The number of rotatable bonds is 7. The van der Waals surface area contributed by atoms with Gasteiger partial charge in [0, 0.05) is 30.7 Å². The number of hydrogen-bond donors (Lipinski definition) is 2. The molecule has 4 rings (SSSR count). The van der Waals surface area contributed by atoms with Crippen LogP contribution >= 0.6 is 23.1 Å². The van der Waals surface area contributed by atoms with Crippen molar-refractivity contribution in [2.75, 3.05) is 16.4 Å². The molecule has 2 heterocycles. The fraction of sp³-hybridized carbons (Fsp3) is 0.182. The number of benzene rings is 2. The minimum atomic E-state index is -0.238. The fourth-order valence-electron chi connectivity index (χ4n) is 2.93. The molecule has 2 N–H and O–H groups in total. The molecule has 0 aliphatic heterocycles. The van der Waals surface area contributed by atoms with Gasteiger partial charge in [-0.05, 0) is 48.4 Å². The van der Waals surface area contributed by atoms with Gasteiger partial charge in [-0.25, -0.2) is 9.97 Å². The summed E-state index contributed by atoms with van der Waals surface area (Å²) in [5, 5.41) is 7.03. The molecule has 0 aliphatic carbocycles. The van der Waals surface area contributed by atoms with E-state index in [-0.39, 0.29) is 17.6 Å². The Labute approximate surface area is 187 Å². The number of carbonyl (C=O) groups excluding carboxylic acids is 2. The van der Waals surface area contributed by atoms with Crippen molar-refractivity contribution >= 4 is 55.9 Å². The molecule has 0 atom stereocenters. The van der Waals surface area contributed by atoms with Crippen LogP contribution in [-0.2, 0) is 18.3 Å². The molecule has 2 aromatic heterocycles. The largest absolute Gasteiger partial charge is 0.329 e. The van der Waals surface area contributed by atoms with Gasteiger partial charge in [0.2, 0.25) is 5.91 Å². The number of carbonyl (C=O) groups is 2. The van der Waals surface area contributed by atoms with Crippen LogP contribution in [0.1, 0.15) is 22.8 Å². The summed E-state index contributed by atoms with van der Waals surface area (Å²) in [5.41, 5.74) is 3.24. The number of fused-ring (bicyclic) bond motifs is 1. The van der Waals surface area contributed by atoms with Crippen molar-refractivity contribution in [2.24, 2.45) is 7.05 Å². The fourth-order valence-corrected chi connectivity index (χ4v) is 4.59. The van der Waals surface area contributed by atoms with Crippen LogP contribution in [0.25, 0.3) is 10.2 Å². The van der Waals surface area contributed by atoms with Crippen LogP contribution in [0.4, 0.5) is 10.8 Å². The van der Waals surface area contributed by atoms with Gasteiger partial charge < -0.3 is 9.88 Å². The zero-order chi connectivity index (χ0) is 21.8. The summed E-state index contributed by atoms with van der Waals surface area (Å²) in [4.78, 5) is 33.4. The number of nitrogens with one attached hydrogen (secondary N) is 2. The predicted octanol–water partition coefficient (Wildman–Crippen LogP) is 4.58. The number of anilines is 2. The lowest BCUT2D eigenvalue weighted by molar-refractivity contribution is -0.113. The highest BCUT2D eigenvalue weighted by molar-refractivity contribution is 7.99. The molecule has 0 radical (unpaired) electrons. The van der Waals surface area contributed by atoms with Crippen molar-refractivity contribution in [1.82, 2.24) is 14.5 Å². The Morgan fingerprint density at radius 2 is 1.94 bits per heavy atom. The van der Waals surface area contributed by atoms with Crippen LogP contribution in [-0.4, -0.2) is 32.1 Å². The molecule has 0 aliphatic rings. The normalized spacial score (nSPS) is 10.9. The van der Waals surface area contributed by atoms with E-state index < -0.39 is 0 Å².